The van der Waals surface area contributed by atoms with Crippen molar-refractivity contribution in [2.75, 3.05) is 0 Å². The van der Waals surface area contributed by atoms with E-state index in [0.717, 1.165) is 22.3 Å². The van der Waals surface area contributed by atoms with E-state index in [4.69, 9.17) is 0 Å². The second-order valence-electron chi connectivity index (χ2n) is 5.39. The fourth-order valence-corrected chi connectivity index (χ4v) is 2.22. The van der Waals surface area contributed by atoms with Crippen molar-refractivity contribution in [1.29, 1.82) is 0 Å². The first-order chi connectivity index (χ1) is 8.88. The second kappa shape index (κ2) is 5.14. The van der Waals surface area contributed by atoms with Crippen LogP contribution in [0.2, 0.25) is 0 Å². The predicted molar refractivity (Wildman–Crippen MR) is 75.6 cm³/mol. The molecule has 0 radical (unpaired) electrons. The van der Waals surface area contributed by atoms with E-state index in [0.29, 0.717) is 6.42 Å². The van der Waals surface area contributed by atoms with Gasteiger partial charge in [-0.3, -0.25) is 0 Å². The first kappa shape index (κ1) is 13.8. The summed E-state index contributed by atoms with van der Waals surface area (Å²) in [5.41, 5.74) is 2.84. The summed E-state index contributed by atoms with van der Waals surface area (Å²) >= 11 is 0. The Kier molecular flexibility index (Phi) is 3.72. The van der Waals surface area contributed by atoms with E-state index in [9.17, 15) is 9.50 Å². The Morgan fingerprint density at radius 3 is 2.32 bits per heavy atom. The molecule has 2 heteroatoms. The fourth-order valence-electron chi connectivity index (χ4n) is 2.22. The highest BCUT2D eigenvalue weighted by atomic mass is 19.1. The minimum Gasteiger partial charge on any atom is -0.385 e. The molecule has 2 aromatic carbocycles. The van der Waals surface area contributed by atoms with Gasteiger partial charge in [-0.25, -0.2) is 4.39 Å². The standard InChI is InChI=1S/C17H19FO/c1-12-4-7-15(8-5-12)17(3,19)11-14-10-16(18)9-6-13(14)2/h4-10,19H,11H2,1-3H3. The van der Waals surface area contributed by atoms with Crippen LogP contribution in [-0.4, -0.2) is 5.11 Å². The van der Waals surface area contributed by atoms with E-state index in [-0.39, 0.29) is 5.82 Å². The topological polar surface area (TPSA) is 20.2 Å². The van der Waals surface area contributed by atoms with Crippen LogP contribution in [0.25, 0.3) is 0 Å². The molecule has 0 heterocycles. The van der Waals surface area contributed by atoms with Gasteiger partial charge in [0.15, 0.2) is 0 Å². The number of hydrogen-bond acceptors (Lipinski definition) is 1. The molecule has 0 bridgehead atoms. The fraction of sp³-hybridized carbons (Fsp3) is 0.294. The van der Waals surface area contributed by atoms with Gasteiger partial charge >= 0.3 is 0 Å². The van der Waals surface area contributed by atoms with Gasteiger partial charge in [-0.05, 0) is 49.6 Å². The van der Waals surface area contributed by atoms with Crippen LogP contribution in [0.15, 0.2) is 42.5 Å². The van der Waals surface area contributed by atoms with Crippen molar-refractivity contribution in [2.24, 2.45) is 0 Å². The summed E-state index contributed by atoms with van der Waals surface area (Å²) in [6, 6.07) is 12.5. The molecule has 0 aliphatic carbocycles. The second-order valence-corrected chi connectivity index (χ2v) is 5.39. The molecule has 2 aromatic rings. The molecule has 0 saturated heterocycles. The van der Waals surface area contributed by atoms with Crippen LogP contribution in [0, 0.1) is 19.7 Å². The minimum atomic E-state index is -0.994. The third-order valence-corrected chi connectivity index (χ3v) is 3.52. The maximum atomic E-state index is 13.3. The Labute approximate surface area is 113 Å². The lowest BCUT2D eigenvalue weighted by molar-refractivity contribution is 0.0574. The average Bonchev–Trinajstić information content (AvgIpc) is 2.34. The number of hydrogen-bond donors (Lipinski definition) is 1. The van der Waals surface area contributed by atoms with E-state index in [1.807, 2.05) is 38.1 Å². The molecule has 1 nitrogen and oxygen atoms in total. The molecule has 0 spiro atoms. The lowest BCUT2D eigenvalue weighted by Gasteiger charge is -2.25. The van der Waals surface area contributed by atoms with Crippen LogP contribution in [0.1, 0.15) is 29.2 Å². The molecule has 0 fully saturated rings. The van der Waals surface area contributed by atoms with Crippen LogP contribution in [0.3, 0.4) is 0 Å². The third-order valence-electron chi connectivity index (χ3n) is 3.52. The Balaban J connectivity index is 2.30. The van der Waals surface area contributed by atoms with Gasteiger partial charge in [0, 0.05) is 6.42 Å². The monoisotopic (exact) mass is 258 g/mol. The van der Waals surface area contributed by atoms with Crippen molar-refractivity contribution in [1.82, 2.24) is 0 Å². The summed E-state index contributed by atoms with van der Waals surface area (Å²) in [5.74, 6) is -0.264. The maximum absolute atomic E-state index is 13.3. The third kappa shape index (κ3) is 3.21. The summed E-state index contributed by atoms with van der Waals surface area (Å²) in [6.07, 6.45) is 0.402. The number of aliphatic hydroxyl groups is 1. The molecular weight excluding hydrogens is 239 g/mol. The number of halogens is 1. The molecular formula is C17H19FO. The van der Waals surface area contributed by atoms with Crippen LogP contribution < -0.4 is 0 Å². The summed E-state index contributed by atoms with van der Waals surface area (Å²) in [6.45, 7) is 5.71. The van der Waals surface area contributed by atoms with Crippen molar-refractivity contribution < 1.29 is 9.50 Å². The molecule has 1 unspecified atom stereocenters. The van der Waals surface area contributed by atoms with Gasteiger partial charge in [0.1, 0.15) is 5.82 Å². The lowest BCUT2D eigenvalue weighted by Crippen LogP contribution is -2.24. The van der Waals surface area contributed by atoms with Crippen LogP contribution in [0.4, 0.5) is 4.39 Å². The smallest absolute Gasteiger partial charge is 0.123 e. The summed E-state index contributed by atoms with van der Waals surface area (Å²) in [7, 11) is 0. The molecule has 0 amide bonds. The summed E-state index contributed by atoms with van der Waals surface area (Å²) in [5, 5.41) is 10.6. The normalized spacial score (nSPS) is 14.2. The van der Waals surface area contributed by atoms with E-state index in [2.05, 4.69) is 0 Å². The summed E-state index contributed by atoms with van der Waals surface area (Å²) < 4.78 is 13.3. The quantitative estimate of drug-likeness (QED) is 0.885. The van der Waals surface area contributed by atoms with E-state index in [1.54, 1.807) is 13.0 Å². The van der Waals surface area contributed by atoms with Crippen molar-refractivity contribution in [2.45, 2.75) is 32.8 Å². The largest absolute Gasteiger partial charge is 0.385 e. The Hall–Kier alpha value is -1.67. The van der Waals surface area contributed by atoms with Gasteiger partial charge in [-0.2, -0.15) is 0 Å². The van der Waals surface area contributed by atoms with E-state index < -0.39 is 5.60 Å². The van der Waals surface area contributed by atoms with Crippen LogP contribution >= 0.6 is 0 Å². The van der Waals surface area contributed by atoms with Gasteiger partial charge in [0.2, 0.25) is 0 Å². The van der Waals surface area contributed by atoms with E-state index in [1.165, 1.54) is 12.1 Å². The van der Waals surface area contributed by atoms with Crippen molar-refractivity contribution >= 4 is 0 Å². The van der Waals surface area contributed by atoms with Crippen molar-refractivity contribution in [3.8, 4) is 0 Å². The highest BCUT2D eigenvalue weighted by molar-refractivity contribution is 5.32. The lowest BCUT2D eigenvalue weighted by atomic mass is 9.87. The summed E-state index contributed by atoms with van der Waals surface area (Å²) in [4.78, 5) is 0. The Morgan fingerprint density at radius 2 is 1.68 bits per heavy atom. The molecule has 100 valence electrons. The molecule has 19 heavy (non-hydrogen) atoms. The zero-order valence-electron chi connectivity index (χ0n) is 11.6. The number of aryl methyl sites for hydroxylation is 2. The SMILES string of the molecule is Cc1ccc(C(C)(O)Cc2cc(F)ccc2C)cc1. The van der Waals surface area contributed by atoms with Gasteiger partial charge in [-0.1, -0.05) is 35.9 Å². The average molecular weight is 258 g/mol. The van der Waals surface area contributed by atoms with Crippen LogP contribution in [0.5, 0.6) is 0 Å². The molecule has 1 atom stereocenters. The van der Waals surface area contributed by atoms with Gasteiger partial charge in [0.05, 0.1) is 5.60 Å². The molecule has 0 saturated carbocycles. The first-order valence-electron chi connectivity index (χ1n) is 6.43. The van der Waals surface area contributed by atoms with Crippen molar-refractivity contribution in [3.05, 3.63) is 70.5 Å². The highest BCUT2D eigenvalue weighted by Crippen LogP contribution is 2.27. The molecule has 0 aromatic heterocycles. The van der Waals surface area contributed by atoms with Crippen LogP contribution in [-0.2, 0) is 12.0 Å². The first-order valence-corrected chi connectivity index (χ1v) is 6.43. The number of benzene rings is 2. The molecule has 0 aliphatic heterocycles. The minimum absolute atomic E-state index is 0.264. The predicted octanol–water partition coefficient (Wildman–Crippen LogP) is 3.89. The zero-order chi connectivity index (χ0) is 14.0. The maximum Gasteiger partial charge on any atom is 0.123 e. The Bertz CT molecular complexity index is 570. The Morgan fingerprint density at radius 1 is 1.05 bits per heavy atom. The molecule has 2 rings (SSSR count). The van der Waals surface area contributed by atoms with E-state index >= 15 is 0 Å². The van der Waals surface area contributed by atoms with Gasteiger partial charge in [0.25, 0.3) is 0 Å². The zero-order valence-corrected chi connectivity index (χ0v) is 11.6. The highest BCUT2D eigenvalue weighted by Gasteiger charge is 2.24. The van der Waals surface area contributed by atoms with Gasteiger partial charge in [-0.15, -0.1) is 0 Å². The molecule has 1 N–H and O–H groups in total. The molecule has 0 aliphatic rings. The van der Waals surface area contributed by atoms with Crippen molar-refractivity contribution in [3.63, 3.8) is 0 Å². The number of rotatable bonds is 3. The van der Waals surface area contributed by atoms with Gasteiger partial charge < -0.3 is 5.11 Å².